The highest BCUT2D eigenvalue weighted by molar-refractivity contribution is 5.61. The predicted molar refractivity (Wildman–Crippen MR) is 34.7 cm³/mol. The van der Waals surface area contributed by atoms with Crippen LogP contribution in [0.2, 0.25) is 0 Å². The first-order valence-corrected chi connectivity index (χ1v) is 3.42. The lowest BCUT2D eigenvalue weighted by Gasteiger charge is -2.21. The van der Waals surface area contributed by atoms with Crippen molar-refractivity contribution in [2.45, 2.75) is 18.7 Å². The minimum Gasteiger partial charge on any atom is -0.530 e. The van der Waals surface area contributed by atoms with Gasteiger partial charge in [-0.1, -0.05) is 0 Å². The fraction of sp³-hybridized carbons (Fsp3) is 0.833. The Labute approximate surface area is 72.6 Å². The number of rotatable bonds is 3. The van der Waals surface area contributed by atoms with Crippen molar-refractivity contribution in [3.05, 3.63) is 0 Å². The molecule has 0 fully saturated rings. The van der Waals surface area contributed by atoms with Crippen LogP contribution in [0.5, 0.6) is 0 Å². The van der Waals surface area contributed by atoms with Gasteiger partial charge in [-0.15, -0.1) is 0 Å². The summed E-state index contributed by atoms with van der Waals surface area (Å²) >= 11 is 0. The predicted octanol–water partition coefficient (Wildman–Crippen LogP) is -0.425. The van der Waals surface area contributed by atoms with Crippen molar-refractivity contribution in [1.82, 2.24) is 4.90 Å². The molecule has 0 aromatic heterocycles. The van der Waals surface area contributed by atoms with E-state index in [1.165, 1.54) is 0 Å². The molecule has 0 saturated carbocycles. The highest BCUT2D eigenvalue weighted by Crippen LogP contribution is 2.22. The van der Waals surface area contributed by atoms with E-state index in [-0.39, 0.29) is 0 Å². The SMILES string of the molecule is CN(CC[C@@H](O)C(F)(F)F)C(=O)[O-]. The summed E-state index contributed by atoms with van der Waals surface area (Å²) in [5.74, 6) is 0. The van der Waals surface area contributed by atoms with E-state index in [9.17, 15) is 23.1 Å². The molecule has 0 heterocycles. The summed E-state index contributed by atoms with van der Waals surface area (Å²) in [7, 11) is 1.07. The van der Waals surface area contributed by atoms with Gasteiger partial charge in [0.1, 0.15) is 6.09 Å². The topological polar surface area (TPSA) is 63.6 Å². The Hall–Kier alpha value is -0.980. The van der Waals surface area contributed by atoms with Crippen LogP contribution in [0.3, 0.4) is 0 Å². The van der Waals surface area contributed by atoms with Crippen molar-refractivity contribution in [3.63, 3.8) is 0 Å². The van der Waals surface area contributed by atoms with E-state index < -0.39 is 31.3 Å². The average Bonchev–Trinajstić information content (AvgIpc) is 1.97. The molecular weight excluding hydrogens is 191 g/mol. The fourth-order valence-corrected chi connectivity index (χ4v) is 0.571. The van der Waals surface area contributed by atoms with Gasteiger partial charge in [-0.3, -0.25) is 0 Å². The molecule has 78 valence electrons. The van der Waals surface area contributed by atoms with Gasteiger partial charge in [0.2, 0.25) is 0 Å². The number of halogens is 3. The lowest BCUT2D eigenvalue weighted by atomic mass is 10.2. The molecule has 1 N–H and O–H groups in total. The van der Waals surface area contributed by atoms with Gasteiger partial charge in [0.25, 0.3) is 0 Å². The molecule has 0 aromatic carbocycles. The summed E-state index contributed by atoms with van der Waals surface area (Å²) in [5.41, 5.74) is 0. The monoisotopic (exact) mass is 200 g/mol. The average molecular weight is 200 g/mol. The number of carbonyl (C=O) groups is 1. The third kappa shape index (κ3) is 4.56. The second kappa shape index (κ2) is 4.31. The largest absolute Gasteiger partial charge is 0.530 e. The smallest absolute Gasteiger partial charge is 0.414 e. The van der Waals surface area contributed by atoms with Gasteiger partial charge in [-0.2, -0.15) is 13.2 Å². The van der Waals surface area contributed by atoms with Crippen LogP contribution in [0, 0.1) is 0 Å². The molecule has 7 heteroatoms. The van der Waals surface area contributed by atoms with Gasteiger partial charge in [-0.25, -0.2) is 0 Å². The van der Waals surface area contributed by atoms with Crippen molar-refractivity contribution in [2.24, 2.45) is 0 Å². The first kappa shape index (κ1) is 12.0. The molecule has 13 heavy (non-hydrogen) atoms. The van der Waals surface area contributed by atoms with Crippen molar-refractivity contribution in [1.29, 1.82) is 0 Å². The lowest BCUT2D eigenvalue weighted by molar-refractivity contribution is -0.265. The van der Waals surface area contributed by atoms with E-state index in [4.69, 9.17) is 5.11 Å². The number of aliphatic hydroxyl groups is 1. The molecule has 1 amide bonds. The minimum absolute atomic E-state index is 0.414. The number of amides is 1. The molecule has 0 spiro atoms. The van der Waals surface area contributed by atoms with Crippen LogP contribution in [-0.4, -0.2) is 42.0 Å². The van der Waals surface area contributed by atoms with Gasteiger partial charge in [-0.05, 0) is 6.42 Å². The molecular formula is C6H9F3NO3-. The van der Waals surface area contributed by atoms with E-state index >= 15 is 0 Å². The molecule has 0 saturated heterocycles. The maximum atomic E-state index is 11.7. The Bertz CT molecular complexity index is 182. The lowest BCUT2D eigenvalue weighted by Crippen LogP contribution is -2.41. The van der Waals surface area contributed by atoms with Gasteiger partial charge >= 0.3 is 6.18 Å². The molecule has 4 nitrogen and oxygen atoms in total. The number of hydrogen-bond donors (Lipinski definition) is 1. The summed E-state index contributed by atoms with van der Waals surface area (Å²) in [4.78, 5) is 10.6. The second-order valence-electron chi connectivity index (χ2n) is 2.53. The molecule has 0 aromatic rings. The van der Waals surface area contributed by atoms with Crippen LogP contribution in [0.25, 0.3) is 0 Å². The Balaban J connectivity index is 3.83. The van der Waals surface area contributed by atoms with Gasteiger partial charge in [0.15, 0.2) is 6.10 Å². The third-order valence-corrected chi connectivity index (χ3v) is 1.43. The van der Waals surface area contributed by atoms with Crippen molar-refractivity contribution < 1.29 is 28.2 Å². The molecule has 0 rings (SSSR count). The Kier molecular flexibility index (Phi) is 3.99. The molecule has 0 radical (unpaired) electrons. The highest BCUT2D eigenvalue weighted by Gasteiger charge is 2.37. The van der Waals surface area contributed by atoms with Crippen molar-refractivity contribution in [2.75, 3.05) is 13.6 Å². The van der Waals surface area contributed by atoms with Gasteiger partial charge < -0.3 is 19.9 Å². The molecule has 0 aliphatic heterocycles. The Morgan fingerprint density at radius 1 is 1.62 bits per heavy atom. The summed E-state index contributed by atoms with van der Waals surface area (Å²) in [5, 5.41) is 18.5. The number of carbonyl (C=O) groups excluding carboxylic acids is 1. The van der Waals surface area contributed by atoms with Crippen LogP contribution in [0.4, 0.5) is 18.0 Å². The molecule has 0 aliphatic carbocycles. The van der Waals surface area contributed by atoms with Crippen LogP contribution in [0.15, 0.2) is 0 Å². The molecule has 1 atom stereocenters. The minimum atomic E-state index is -4.70. The summed E-state index contributed by atoms with van der Waals surface area (Å²) < 4.78 is 35.0. The van der Waals surface area contributed by atoms with Crippen LogP contribution < -0.4 is 5.11 Å². The van der Waals surface area contributed by atoms with E-state index in [1.807, 2.05) is 0 Å². The standard InChI is InChI=1S/C6H10F3NO3/c1-10(5(12)13)3-2-4(11)6(7,8)9/h4,11H,2-3H2,1H3,(H,12,13)/p-1/t4-/m1/s1. The molecule has 0 unspecified atom stereocenters. The van der Waals surface area contributed by atoms with Gasteiger partial charge in [0, 0.05) is 13.6 Å². The van der Waals surface area contributed by atoms with Crippen LogP contribution in [-0.2, 0) is 0 Å². The van der Waals surface area contributed by atoms with Crippen LogP contribution in [0.1, 0.15) is 6.42 Å². The summed E-state index contributed by atoms with van der Waals surface area (Å²) in [6.45, 7) is -0.414. The van der Waals surface area contributed by atoms with Gasteiger partial charge in [0.05, 0.1) is 0 Å². The molecule has 0 aliphatic rings. The number of alkyl halides is 3. The number of hydrogen-bond acceptors (Lipinski definition) is 3. The maximum Gasteiger partial charge on any atom is 0.414 e. The van der Waals surface area contributed by atoms with Crippen LogP contribution >= 0.6 is 0 Å². The van der Waals surface area contributed by atoms with E-state index in [2.05, 4.69) is 0 Å². The Morgan fingerprint density at radius 3 is 2.38 bits per heavy atom. The highest BCUT2D eigenvalue weighted by atomic mass is 19.4. The first-order valence-electron chi connectivity index (χ1n) is 3.42. The van der Waals surface area contributed by atoms with E-state index in [1.54, 1.807) is 0 Å². The normalized spacial score (nSPS) is 13.9. The van der Waals surface area contributed by atoms with E-state index in [0.717, 1.165) is 7.05 Å². The van der Waals surface area contributed by atoms with Crippen molar-refractivity contribution in [3.8, 4) is 0 Å². The first-order chi connectivity index (χ1) is 5.75. The third-order valence-electron chi connectivity index (χ3n) is 1.43. The number of carboxylic acid groups (broad SMARTS) is 1. The second-order valence-corrected chi connectivity index (χ2v) is 2.53. The maximum absolute atomic E-state index is 11.7. The Morgan fingerprint density at radius 2 is 2.08 bits per heavy atom. The van der Waals surface area contributed by atoms with E-state index in [0.29, 0.717) is 4.90 Å². The fourth-order valence-electron chi connectivity index (χ4n) is 0.571. The quantitative estimate of drug-likeness (QED) is 0.672. The van der Waals surface area contributed by atoms with Crippen molar-refractivity contribution >= 4 is 6.09 Å². The number of nitrogens with zero attached hydrogens (tertiary/aromatic N) is 1. The molecule has 0 bridgehead atoms. The number of aliphatic hydroxyl groups excluding tert-OH is 1. The zero-order valence-corrected chi connectivity index (χ0v) is 6.84. The zero-order chi connectivity index (χ0) is 10.6. The summed E-state index contributed by atoms with van der Waals surface area (Å²) in [6, 6.07) is 0. The zero-order valence-electron chi connectivity index (χ0n) is 6.84. The summed E-state index contributed by atoms with van der Waals surface area (Å²) in [6.07, 6.45) is -9.45.